The van der Waals surface area contributed by atoms with Gasteiger partial charge < -0.3 is 10.6 Å². The lowest BCUT2D eigenvalue weighted by atomic mass is 10.0. The van der Waals surface area contributed by atoms with Gasteiger partial charge in [-0.3, -0.25) is 9.56 Å². The van der Waals surface area contributed by atoms with Crippen molar-refractivity contribution in [2.45, 2.75) is 78.4 Å². The first-order chi connectivity index (χ1) is 12.0. The fourth-order valence-corrected chi connectivity index (χ4v) is 3.11. The fourth-order valence-electron chi connectivity index (χ4n) is 3.11. The third-order valence-corrected chi connectivity index (χ3v) is 4.65. The van der Waals surface area contributed by atoms with Gasteiger partial charge in [-0.2, -0.15) is 5.10 Å². The van der Waals surface area contributed by atoms with Gasteiger partial charge in [0.15, 0.2) is 5.96 Å². The summed E-state index contributed by atoms with van der Waals surface area (Å²) in [5, 5.41) is 11.2. The molecule has 0 aromatic carbocycles. The molecule has 1 atom stereocenters. The Hall–Kier alpha value is -1.79. The minimum Gasteiger partial charge on any atom is -0.356 e. The van der Waals surface area contributed by atoms with Gasteiger partial charge >= 0.3 is 5.69 Å². The third-order valence-electron chi connectivity index (χ3n) is 4.65. The lowest BCUT2D eigenvalue weighted by Gasteiger charge is -2.18. The highest BCUT2D eigenvalue weighted by molar-refractivity contribution is 5.79. The summed E-state index contributed by atoms with van der Waals surface area (Å²) in [5.41, 5.74) is 0.0412. The minimum absolute atomic E-state index is 0.0412. The lowest BCUT2D eigenvalue weighted by molar-refractivity contribution is 0.487. The van der Waals surface area contributed by atoms with Crippen LogP contribution in [0.25, 0.3) is 0 Å². The molecule has 0 aliphatic carbocycles. The van der Waals surface area contributed by atoms with Gasteiger partial charge in [-0.05, 0) is 44.9 Å². The maximum atomic E-state index is 12.3. The van der Waals surface area contributed by atoms with Crippen LogP contribution in [0.3, 0.4) is 0 Å². The van der Waals surface area contributed by atoms with Crippen LogP contribution >= 0.6 is 0 Å². The molecule has 0 saturated heterocycles. The topological polar surface area (TPSA) is 76.2 Å². The number of hydrogen-bond acceptors (Lipinski definition) is 3. The van der Waals surface area contributed by atoms with Crippen molar-refractivity contribution in [3.63, 3.8) is 0 Å². The Morgan fingerprint density at radius 2 is 2.08 bits per heavy atom. The van der Waals surface area contributed by atoms with E-state index in [-0.39, 0.29) is 5.69 Å². The Kier molecular flexibility index (Phi) is 7.52. The standard InChI is InChI=1S/C18H34N6O/c1-14(2)9-10-15(3)21-17(19-4)20-11-7-13-24-18(25)23-12-6-5-8-16(23)22-24/h14-15H,5-13H2,1-4H3,(H2,19,20,21). The van der Waals surface area contributed by atoms with Crippen LogP contribution in [0.2, 0.25) is 0 Å². The molecule has 1 aliphatic rings. The van der Waals surface area contributed by atoms with E-state index in [1.807, 2.05) is 4.57 Å². The summed E-state index contributed by atoms with van der Waals surface area (Å²) in [6.07, 6.45) is 6.32. The molecule has 0 bridgehead atoms. The second-order valence-corrected chi connectivity index (χ2v) is 7.40. The van der Waals surface area contributed by atoms with E-state index in [1.165, 1.54) is 6.42 Å². The predicted octanol–water partition coefficient (Wildman–Crippen LogP) is 1.76. The molecule has 0 saturated carbocycles. The smallest absolute Gasteiger partial charge is 0.345 e. The van der Waals surface area contributed by atoms with E-state index in [0.717, 1.165) is 62.9 Å². The number of nitrogens with zero attached hydrogens (tertiary/aromatic N) is 4. The number of aromatic nitrogens is 3. The van der Waals surface area contributed by atoms with Crippen LogP contribution in [0.1, 0.15) is 58.7 Å². The second-order valence-electron chi connectivity index (χ2n) is 7.40. The van der Waals surface area contributed by atoms with Crippen molar-refractivity contribution in [1.29, 1.82) is 0 Å². The number of guanidine groups is 1. The van der Waals surface area contributed by atoms with Crippen LogP contribution in [0, 0.1) is 5.92 Å². The first-order valence-electron chi connectivity index (χ1n) is 9.65. The van der Waals surface area contributed by atoms with Crippen LogP contribution in [-0.4, -0.2) is 39.9 Å². The SMILES string of the molecule is CN=C(NCCCn1nc2n(c1=O)CCCC2)NC(C)CCC(C)C. The van der Waals surface area contributed by atoms with Gasteiger partial charge in [0, 0.05) is 39.1 Å². The summed E-state index contributed by atoms with van der Waals surface area (Å²) in [6.45, 7) is 8.91. The van der Waals surface area contributed by atoms with Crippen LogP contribution < -0.4 is 16.3 Å². The molecule has 1 aliphatic heterocycles. The van der Waals surface area contributed by atoms with Crippen molar-refractivity contribution >= 4 is 5.96 Å². The average molecular weight is 351 g/mol. The zero-order valence-electron chi connectivity index (χ0n) is 16.2. The molecule has 1 aromatic rings. The Bertz CT molecular complexity index is 616. The van der Waals surface area contributed by atoms with E-state index in [1.54, 1.807) is 11.7 Å². The van der Waals surface area contributed by atoms with Gasteiger partial charge in [-0.25, -0.2) is 9.48 Å². The molecular weight excluding hydrogens is 316 g/mol. The maximum Gasteiger partial charge on any atom is 0.345 e. The molecule has 2 N–H and O–H groups in total. The molecule has 0 amide bonds. The number of hydrogen-bond donors (Lipinski definition) is 2. The van der Waals surface area contributed by atoms with Crippen LogP contribution in [0.15, 0.2) is 9.79 Å². The van der Waals surface area contributed by atoms with Crippen LogP contribution in [0.5, 0.6) is 0 Å². The molecule has 0 fully saturated rings. The molecule has 25 heavy (non-hydrogen) atoms. The monoisotopic (exact) mass is 350 g/mol. The van der Waals surface area contributed by atoms with Crippen LogP contribution in [0.4, 0.5) is 0 Å². The van der Waals surface area contributed by atoms with Gasteiger partial charge in [-0.15, -0.1) is 0 Å². The summed E-state index contributed by atoms with van der Waals surface area (Å²) in [5.74, 6) is 2.49. The van der Waals surface area contributed by atoms with Gasteiger partial charge in [0.2, 0.25) is 0 Å². The van der Waals surface area contributed by atoms with Crippen LogP contribution in [-0.2, 0) is 19.5 Å². The summed E-state index contributed by atoms with van der Waals surface area (Å²) in [6, 6.07) is 0.399. The molecule has 1 aromatic heterocycles. The molecule has 0 spiro atoms. The first kappa shape index (κ1) is 19.5. The number of fused-ring (bicyclic) bond motifs is 1. The summed E-state index contributed by atoms with van der Waals surface area (Å²) in [7, 11) is 1.79. The van der Waals surface area contributed by atoms with Gasteiger partial charge in [-0.1, -0.05) is 13.8 Å². The molecule has 2 heterocycles. The third kappa shape index (κ3) is 5.90. The molecular formula is C18H34N6O. The fraction of sp³-hybridized carbons (Fsp3) is 0.833. The molecule has 1 unspecified atom stereocenters. The first-order valence-corrected chi connectivity index (χ1v) is 9.65. The maximum absolute atomic E-state index is 12.3. The van der Waals surface area contributed by atoms with Crippen molar-refractivity contribution in [3.05, 3.63) is 16.3 Å². The summed E-state index contributed by atoms with van der Waals surface area (Å²) < 4.78 is 3.44. The van der Waals surface area contributed by atoms with E-state index in [9.17, 15) is 4.79 Å². The van der Waals surface area contributed by atoms with Crippen molar-refractivity contribution < 1.29 is 0 Å². The largest absolute Gasteiger partial charge is 0.356 e. The Morgan fingerprint density at radius 1 is 1.28 bits per heavy atom. The predicted molar refractivity (Wildman–Crippen MR) is 102 cm³/mol. The number of rotatable bonds is 8. The van der Waals surface area contributed by atoms with Gasteiger partial charge in [0.1, 0.15) is 5.82 Å². The lowest BCUT2D eigenvalue weighted by Crippen LogP contribution is -2.42. The van der Waals surface area contributed by atoms with Crippen molar-refractivity contribution in [2.24, 2.45) is 10.9 Å². The molecule has 7 heteroatoms. The van der Waals surface area contributed by atoms with Crippen molar-refractivity contribution in [2.75, 3.05) is 13.6 Å². The highest BCUT2D eigenvalue weighted by Gasteiger charge is 2.16. The van der Waals surface area contributed by atoms with Crippen molar-refractivity contribution in [3.8, 4) is 0 Å². The van der Waals surface area contributed by atoms with E-state index >= 15 is 0 Å². The van der Waals surface area contributed by atoms with Gasteiger partial charge in [0.25, 0.3) is 0 Å². The van der Waals surface area contributed by atoms with E-state index in [0.29, 0.717) is 12.6 Å². The molecule has 0 radical (unpaired) electrons. The molecule has 142 valence electrons. The molecule has 7 nitrogen and oxygen atoms in total. The summed E-state index contributed by atoms with van der Waals surface area (Å²) in [4.78, 5) is 16.6. The van der Waals surface area contributed by atoms with Crippen molar-refractivity contribution in [1.82, 2.24) is 25.0 Å². The number of aryl methyl sites for hydroxylation is 2. The normalized spacial score (nSPS) is 16.0. The van der Waals surface area contributed by atoms with E-state index in [2.05, 4.69) is 41.5 Å². The zero-order valence-corrected chi connectivity index (χ0v) is 16.2. The highest BCUT2D eigenvalue weighted by Crippen LogP contribution is 2.09. The van der Waals surface area contributed by atoms with E-state index < -0.39 is 0 Å². The quantitative estimate of drug-likeness (QED) is 0.425. The number of nitrogens with one attached hydrogen (secondary N) is 2. The Labute approximate surface area is 150 Å². The zero-order chi connectivity index (χ0) is 18.2. The Balaban J connectivity index is 1.73. The average Bonchev–Trinajstić information content (AvgIpc) is 2.92. The molecule has 2 rings (SSSR count). The summed E-state index contributed by atoms with van der Waals surface area (Å²) >= 11 is 0. The second kappa shape index (κ2) is 9.63. The Morgan fingerprint density at radius 3 is 2.76 bits per heavy atom. The number of aliphatic imine (C=N–C) groups is 1. The highest BCUT2D eigenvalue weighted by atomic mass is 16.2. The minimum atomic E-state index is 0.0412. The van der Waals surface area contributed by atoms with E-state index in [4.69, 9.17) is 0 Å². The van der Waals surface area contributed by atoms with Gasteiger partial charge in [0.05, 0.1) is 0 Å².